The van der Waals surface area contributed by atoms with Crippen LogP contribution in [0.4, 0.5) is 0 Å². The van der Waals surface area contributed by atoms with E-state index in [4.69, 9.17) is 5.73 Å². The van der Waals surface area contributed by atoms with Crippen LogP contribution in [0.3, 0.4) is 0 Å². The third kappa shape index (κ3) is 2.61. The van der Waals surface area contributed by atoms with Crippen molar-refractivity contribution in [3.63, 3.8) is 0 Å². The van der Waals surface area contributed by atoms with Crippen LogP contribution in [0.15, 0.2) is 24.3 Å². The first kappa shape index (κ1) is 15.0. The summed E-state index contributed by atoms with van der Waals surface area (Å²) in [6.07, 6.45) is 4.05. The van der Waals surface area contributed by atoms with E-state index in [9.17, 15) is 4.79 Å². The number of hydrogen-bond acceptors (Lipinski definition) is 3. The molecule has 0 unspecified atom stereocenters. The summed E-state index contributed by atoms with van der Waals surface area (Å²) in [5, 5.41) is 3.08. The van der Waals surface area contributed by atoms with Gasteiger partial charge in [0, 0.05) is 19.6 Å². The number of carbonyl (C=O) groups is 1. The number of rotatable bonds is 5. The lowest BCUT2D eigenvalue weighted by Gasteiger charge is -2.25. The molecule has 0 spiro atoms. The molecular weight excluding hydrogens is 276 g/mol. The van der Waals surface area contributed by atoms with Crippen LogP contribution in [0.2, 0.25) is 0 Å². The first-order valence-corrected chi connectivity index (χ1v) is 8.06. The molecule has 3 N–H and O–H groups in total. The molecule has 1 amide bonds. The maximum absolute atomic E-state index is 12.5. The van der Waals surface area contributed by atoms with Crippen molar-refractivity contribution in [2.45, 2.75) is 39.2 Å². The minimum atomic E-state index is -0.327. The van der Waals surface area contributed by atoms with Gasteiger partial charge in [-0.2, -0.15) is 0 Å². The summed E-state index contributed by atoms with van der Waals surface area (Å²) in [6, 6.07) is 8.08. The van der Waals surface area contributed by atoms with Crippen LogP contribution in [-0.2, 0) is 11.3 Å². The average molecular weight is 300 g/mol. The zero-order valence-corrected chi connectivity index (χ0v) is 13.1. The fourth-order valence-electron chi connectivity index (χ4n) is 3.52. The van der Waals surface area contributed by atoms with Crippen molar-refractivity contribution < 1.29 is 4.79 Å². The molecule has 0 radical (unpaired) electrons. The van der Waals surface area contributed by atoms with Crippen LogP contribution < -0.4 is 11.1 Å². The van der Waals surface area contributed by atoms with Gasteiger partial charge in [-0.25, -0.2) is 4.98 Å². The predicted octanol–water partition coefficient (Wildman–Crippen LogP) is 1.98. The fourth-order valence-corrected chi connectivity index (χ4v) is 3.52. The molecule has 0 bridgehead atoms. The first-order chi connectivity index (χ1) is 10.7. The largest absolute Gasteiger partial charge is 0.354 e. The van der Waals surface area contributed by atoms with Gasteiger partial charge < -0.3 is 15.6 Å². The van der Waals surface area contributed by atoms with Crippen molar-refractivity contribution in [1.29, 1.82) is 0 Å². The molecule has 0 aliphatic heterocycles. The van der Waals surface area contributed by atoms with Gasteiger partial charge in [-0.05, 0) is 31.9 Å². The van der Waals surface area contributed by atoms with E-state index in [0.29, 0.717) is 13.1 Å². The molecule has 0 atom stereocenters. The predicted molar refractivity (Wildman–Crippen MR) is 87.4 cm³/mol. The number of benzene rings is 1. The monoisotopic (exact) mass is 300 g/mol. The Morgan fingerprint density at radius 1 is 1.36 bits per heavy atom. The van der Waals surface area contributed by atoms with Gasteiger partial charge >= 0.3 is 0 Å². The summed E-state index contributed by atoms with van der Waals surface area (Å²) in [4.78, 5) is 17.0. The van der Waals surface area contributed by atoms with Crippen LogP contribution >= 0.6 is 0 Å². The molecule has 1 fully saturated rings. The normalized spacial score (nSPS) is 17.0. The number of aromatic nitrogens is 2. The number of para-hydroxylation sites is 2. The molecule has 5 heteroatoms. The van der Waals surface area contributed by atoms with Gasteiger partial charge in [-0.15, -0.1) is 0 Å². The number of nitrogens with zero attached hydrogens (tertiary/aromatic N) is 2. The topological polar surface area (TPSA) is 72.9 Å². The summed E-state index contributed by atoms with van der Waals surface area (Å²) < 4.78 is 2.15. The lowest BCUT2D eigenvalue weighted by atomic mass is 9.85. The second-order valence-corrected chi connectivity index (χ2v) is 6.25. The van der Waals surface area contributed by atoms with Crippen LogP contribution in [0.25, 0.3) is 11.0 Å². The summed E-state index contributed by atoms with van der Waals surface area (Å²) in [7, 11) is 0. The van der Waals surface area contributed by atoms with E-state index in [-0.39, 0.29) is 11.3 Å². The Morgan fingerprint density at radius 2 is 2.09 bits per heavy atom. The molecule has 2 aromatic rings. The highest BCUT2D eigenvalue weighted by Gasteiger charge is 2.39. The molecular formula is C17H24N4O. The Bertz CT molecular complexity index is 670. The summed E-state index contributed by atoms with van der Waals surface area (Å²) in [5.41, 5.74) is 7.65. The van der Waals surface area contributed by atoms with Gasteiger partial charge in [0.05, 0.1) is 16.4 Å². The van der Waals surface area contributed by atoms with E-state index in [2.05, 4.69) is 20.9 Å². The van der Waals surface area contributed by atoms with E-state index in [1.807, 2.05) is 25.1 Å². The minimum Gasteiger partial charge on any atom is -0.354 e. The third-order valence-corrected chi connectivity index (χ3v) is 4.90. The van der Waals surface area contributed by atoms with Crippen LogP contribution in [-0.4, -0.2) is 28.5 Å². The maximum atomic E-state index is 12.5. The number of hydrogen-bond donors (Lipinski definition) is 2. The Kier molecular flexibility index (Phi) is 4.16. The molecule has 22 heavy (non-hydrogen) atoms. The first-order valence-electron chi connectivity index (χ1n) is 8.06. The Morgan fingerprint density at radius 3 is 2.82 bits per heavy atom. The maximum Gasteiger partial charge on any atom is 0.227 e. The third-order valence-electron chi connectivity index (χ3n) is 4.90. The highest BCUT2D eigenvalue weighted by atomic mass is 16.2. The number of imidazole rings is 1. The zero-order chi connectivity index (χ0) is 15.6. The van der Waals surface area contributed by atoms with Crippen molar-refractivity contribution in [1.82, 2.24) is 14.9 Å². The quantitative estimate of drug-likeness (QED) is 0.887. The molecule has 1 aliphatic carbocycles. The minimum absolute atomic E-state index is 0.120. The van der Waals surface area contributed by atoms with E-state index < -0.39 is 0 Å². The van der Waals surface area contributed by atoms with E-state index in [1.165, 1.54) is 0 Å². The van der Waals surface area contributed by atoms with E-state index in [0.717, 1.165) is 49.1 Å². The van der Waals surface area contributed by atoms with E-state index in [1.54, 1.807) is 0 Å². The number of carbonyl (C=O) groups excluding carboxylic acids is 1. The summed E-state index contributed by atoms with van der Waals surface area (Å²) >= 11 is 0. The van der Waals surface area contributed by atoms with Gasteiger partial charge in [0.25, 0.3) is 0 Å². The number of amides is 1. The molecule has 1 aliphatic rings. The van der Waals surface area contributed by atoms with Gasteiger partial charge in [0.2, 0.25) is 5.91 Å². The molecule has 3 rings (SSSR count). The molecule has 1 aromatic carbocycles. The number of aryl methyl sites for hydroxylation is 1. The van der Waals surface area contributed by atoms with Crippen molar-refractivity contribution in [3.8, 4) is 0 Å². The van der Waals surface area contributed by atoms with Crippen molar-refractivity contribution in [2.24, 2.45) is 11.1 Å². The number of nitrogens with two attached hydrogens (primary N) is 1. The number of nitrogens with one attached hydrogen (secondary N) is 1. The Balaban J connectivity index is 1.65. The molecule has 0 saturated heterocycles. The SMILES string of the molecule is Cc1nc2ccccc2n1CCNC(=O)C1(CN)CCCC1. The summed E-state index contributed by atoms with van der Waals surface area (Å²) in [5.74, 6) is 1.10. The van der Waals surface area contributed by atoms with Gasteiger partial charge in [-0.1, -0.05) is 25.0 Å². The van der Waals surface area contributed by atoms with Gasteiger partial charge in [-0.3, -0.25) is 4.79 Å². The lowest BCUT2D eigenvalue weighted by molar-refractivity contribution is -0.130. The Hall–Kier alpha value is -1.88. The van der Waals surface area contributed by atoms with Crippen molar-refractivity contribution in [3.05, 3.63) is 30.1 Å². The fraction of sp³-hybridized carbons (Fsp3) is 0.529. The highest BCUT2D eigenvalue weighted by Crippen LogP contribution is 2.37. The smallest absolute Gasteiger partial charge is 0.227 e. The lowest BCUT2D eigenvalue weighted by Crippen LogP contribution is -2.45. The van der Waals surface area contributed by atoms with Crippen molar-refractivity contribution in [2.75, 3.05) is 13.1 Å². The van der Waals surface area contributed by atoms with Crippen LogP contribution in [0, 0.1) is 12.3 Å². The average Bonchev–Trinajstić information content (AvgIpc) is 3.13. The second-order valence-electron chi connectivity index (χ2n) is 6.25. The second kappa shape index (κ2) is 6.08. The standard InChI is InChI=1S/C17H24N4O/c1-13-20-14-6-2-3-7-15(14)21(13)11-10-19-16(22)17(12-18)8-4-5-9-17/h2-3,6-7H,4-5,8-12,18H2,1H3,(H,19,22). The van der Waals surface area contributed by atoms with Crippen molar-refractivity contribution >= 4 is 16.9 Å². The Labute approximate surface area is 130 Å². The molecule has 1 saturated carbocycles. The van der Waals surface area contributed by atoms with Crippen LogP contribution in [0.1, 0.15) is 31.5 Å². The molecule has 118 valence electrons. The number of fused-ring (bicyclic) bond motifs is 1. The van der Waals surface area contributed by atoms with E-state index >= 15 is 0 Å². The molecule has 1 heterocycles. The summed E-state index contributed by atoms with van der Waals surface area (Å²) in [6.45, 7) is 3.80. The van der Waals surface area contributed by atoms with Gasteiger partial charge in [0.15, 0.2) is 0 Å². The molecule has 1 aromatic heterocycles. The zero-order valence-electron chi connectivity index (χ0n) is 13.1. The van der Waals surface area contributed by atoms with Crippen LogP contribution in [0.5, 0.6) is 0 Å². The molecule has 5 nitrogen and oxygen atoms in total. The highest BCUT2D eigenvalue weighted by molar-refractivity contribution is 5.83. The van der Waals surface area contributed by atoms with Gasteiger partial charge in [0.1, 0.15) is 5.82 Å².